The molecule has 1 N–H and O–H groups in total. The van der Waals surface area contributed by atoms with Crippen LogP contribution in [0.3, 0.4) is 0 Å². The van der Waals surface area contributed by atoms with Gasteiger partial charge in [-0.25, -0.2) is 8.42 Å². The van der Waals surface area contributed by atoms with Crippen LogP contribution >= 0.6 is 11.6 Å². The van der Waals surface area contributed by atoms with E-state index in [9.17, 15) is 13.2 Å². The number of halogens is 1. The third-order valence-corrected chi connectivity index (χ3v) is 6.12. The van der Waals surface area contributed by atoms with E-state index in [1.165, 1.54) is 22.5 Å². The maximum Gasteiger partial charge on any atom is 0.256 e. The molecule has 1 aliphatic heterocycles. The van der Waals surface area contributed by atoms with E-state index in [1.54, 1.807) is 24.0 Å². The number of nitrogens with zero attached hydrogens (tertiary/aromatic N) is 3. The molecule has 1 saturated heterocycles. The average molecular weight is 385 g/mol. The molecule has 8 nitrogen and oxygen atoms in total. The summed E-state index contributed by atoms with van der Waals surface area (Å²) < 4.78 is 33.6. The first kappa shape index (κ1) is 17.9. The van der Waals surface area contributed by atoms with E-state index in [2.05, 4.69) is 10.4 Å². The maximum atomic E-state index is 12.8. The number of sulfonamides is 1. The largest absolute Gasteiger partial charge is 0.379 e. The van der Waals surface area contributed by atoms with Crippen LogP contribution in [0.5, 0.6) is 0 Å². The fourth-order valence-electron chi connectivity index (χ4n) is 2.44. The van der Waals surface area contributed by atoms with Gasteiger partial charge in [0.25, 0.3) is 5.91 Å². The number of nitrogens with one attached hydrogen (secondary N) is 1. The molecule has 1 aromatic heterocycles. The van der Waals surface area contributed by atoms with E-state index in [1.807, 2.05) is 0 Å². The molecule has 0 bridgehead atoms. The van der Waals surface area contributed by atoms with Gasteiger partial charge in [-0.1, -0.05) is 11.6 Å². The minimum atomic E-state index is -3.80. The van der Waals surface area contributed by atoms with Gasteiger partial charge in [-0.05, 0) is 18.2 Å². The van der Waals surface area contributed by atoms with Crippen LogP contribution in [0.25, 0.3) is 0 Å². The zero-order chi connectivity index (χ0) is 18.0. The van der Waals surface area contributed by atoms with Crippen LogP contribution in [0.2, 0.25) is 5.02 Å². The van der Waals surface area contributed by atoms with Gasteiger partial charge in [0.1, 0.15) is 4.90 Å². The van der Waals surface area contributed by atoms with E-state index >= 15 is 0 Å². The van der Waals surface area contributed by atoms with Gasteiger partial charge in [0, 0.05) is 38.0 Å². The molecule has 2 heterocycles. The van der Waals surface area contributed by atoms with Crippen molar-refractivity contribution in [1.29, 1.82) is 0 Å². The Labute approximate surface area is 150 Å². The Bertz CT molecular complexity index is 891. The lowest BCUT2D eigenvalue weighted by molar-refractivity contribution is 0.0730. The molecular weight excluding hydrogens is 368 g/mol. The van der Waals surface area contributed by atoms with Crippen molar-refractivity contribution < 1.29 is 17.9 Å². The molecule has 0 atom stereocenters. The van der Waals surface area contributed by atoms with Crippen LogP contribution in [0.4, 0.5) is 5.82 Å². The van der Waals surface area contributed by atoms with Crippen molar-refractivity contribution in [3.8, 4) is 0 Å². The molecule has 0 radical (unpaired) electrons. The molecule has 1 amide bonds. The minimum absolute atomic E-state index is 0.0703. The topological polar surface area (TPSA) is 93.5 Å². The average Bonchev–Trinajstić information content (AvgIpc) is 3.00. The summed E-state index contributed by atoms with van der Waals surface area (Å²) in [5.41, 5.74) is 0.182. The van der Waals surface area contributed by atoms with E-state index in [0.717, 1.165) is 0 Å². The Morgan fingerprint density at radius 3 is 2.64 bits per heavy atom. The second kappa shape index (κ2) is 7.12. The number of anilines is 1. The number of rotatable bonds is 4. The third-order valence-electron chi connectivity index (χ3n) is 3.74. The van der Waals surface area contributed by atoms with Crippen molar-refractivity contribution in [3.63, 3.8) is 0 Å². The Hall–Kier alpha value is -1.94. The zero-order valence-corrected chi connectivity index (χ0v) is 15.0. The predicted molar refractivity (Wildman–Crippen MR) is 92.2 cm³/mol. The van der Waals surface area contributed by atoms with Crippen molar-refractivity contribution in [3.05, 3.63) is 41.0 Å². The van der Waals surface area contributed by atoms with E-state index < -0.39 is 15.9 Å². The van der Waals surface area contributed by atoms with Gasteiger partial charge >= 0.3 is 0 Å². The molecule has 134 valence electrons. The summed E-state index contributed by atoms with van der Waals surface area (Å²) in [6, 6.07) is 5.80. The lowest BCUT2D eigenvalue weighted by atomic mass is 10.2. The first-order valence-corrected chi connectivity index (χ1v) is 9.38. The van der Waals surface area contributed by atoms with Crippen LogP contribution in [0, 0.1) is 0 Å². The number of morpholine rings is 1. The highest BCUT2D eigenvalue weighted by Crippen LogP contribution is 2.26. The van der Waals surface area contributed by atoms with Crippen molar-refractivity contribution in [2.75, 3.05) is 31.6 Å². The summed E-state index contributed by atoms with van der Waals surface area (Å²) in [5.74, 6) is -0.0890. The SMILES string of the molecule is Cn1ccc(NC(=O)c2ccc(Cl)c(S(=O)(=O)N3CCOCC3)c2)n1. The predicted octanol–water partition coefficient (Wildman–Crippen LogP) is 1.35. The number of hydrogen-bond acceptors (Lipinski definition) is 5. The van der Waals surface area contributed by atoms with Crippen molar-refractivity contribution in [2.24, 2.45) is 7.05 Å². The number of benzene rings is 1. The van der Waals surface area contributed by atoms with Gasteiger partial charge in [0.2, 0.25) is 10.0 Å². The number of amides is 1. The molecule has 0 saturated carbocycles. The maximum absolute atomic E-state index is 12.8. The fraction of sp³-hybridized carbons (Fsp3) is 0.333. The zero-order valence-electron chi connectivity index (χ0n) is 13.5. The molecule has 3 rings (SSSR count). The summed E-state index contributed by atoms with van der Waals surface area (Å²) >= 11 is 6.08. The van der Waals surface area contributed by atoms with Gasteiger partial charge in [-0.3, -0.25) is 9.48 Å². The summed E-state index contributed by atoms with van der Waals surface area (Å²) in [6.45, 7) is 1.17. The lowest BCUT2D eigenvalue weighted by Gasteiger charge is -2.26. The monoisotopic (exact) mass is 384 g/mol. The molecule has 0 unspecified atom stereocenters. The Balaban J connectivity index is 1.88. The molecule has 1 fully saturated rings. The Morgan fingerprint density at radius 1 is 1.28 bits per heavy atom. The van der Waals surface area contributed by atoms with Gasteiger partial charge in [-0.15, -0.1) is 0 Å². The second-order valence-corrected chi connectivity index (χ2v) is 7.80. The third kappa shape index (κ3) is 3.84. The highest BCUT2D eigenvalue weighted by Gasteiger charge is 2.29. The molecule has 10 heteroatoms. The van der Waals surface area contributed by atoms with Crippen LogP contribution in [-0.4, -0.2) is 54.7 Å². The molecule has 25 heavy (non-hydrogen) atoms. The standard InChI is InChI=1S/C15H17ClN4O4S/c1-19-5-4-14(18-19)17-15(21)11-2-3-12(16)13(10-11)25(22,23)20-6-8-24-9-7-20/h2-5,10H,6-9H2,1H3,(H,17,18,21). The molecule has 0 aliphatic carbocycles. The molecule has 0 spiro atoms. The van der Waals surface area contributed by atoms with Gasteiger partial charge < -0.3 is 10.1 Å². The molecular formula is C15H17ClN4O4S. The summed E-state index contributed by atoms with van der Waals surface area (Å²) in [7, 11) is -2.07. The number of hydrogen-bond donors (Lipinski definition) is 1. The van der Waals surface area contributed by atoms with E-state index in [4.69, 9.17) is 16.3 Å². The number of carbonyl (C=O) groups excluding carboxylic acids is 1. The van der Waals surface area contributed by atoms with Crippen molar-refractivity contribution in [1.82, 2.24) is 14.1 Å². The number of ether oxygens (including phenoxy) is 1. The van der Waals surface area contributed by atoms with Gasteiger partial charge in [0.15, 0.2) is 5.82 Å². The summed E-state index contributed by atoms with van der Waals surface area (Å²) in [6.07, 6.45) is 1.69. The number of carbonyl (C=O) groups is 1. The summed E-state index contributed by atoms with van der Waals surface area (Å²) in [5, 5.41) is 6.74. The summed E-state index contributed by atoms with van der Waals surface area (Å²) in [4.78, 5) is 12.3. The molecule has 1 aliphatic rings. The second-order valence-electron chi connectivity index (χ2n) is 5.49. The van der Waals surface area contributed by atoms with Crippen LogP contribution in [-0.2, 0) is 21.8 Å². The van der Waals surface area contributed by atoms with Gasteiger partial charge in [0.05, 0.1) is 18.2 Å². The molecule has 2 aromatic rings. The highest BCUT2D eigenvalue weighted by atomic mass is 35.5. The van der Waals surface area contributed by atoms with E-state index in [0.29, 0.717) is 19.0 Å². The normalized spacial score (nSPS) is 15.9. The first-order chi connectivity index (χ1) is 11.9. The first-order valence-electron chi connectivity index (χ1n) is 7.56. The number of aromatic nitrogens is 2. The smallest absolute Gasteiger partial charge is 0.256 e. The van der Waals surface area contributed by atoms with Crippen molar-refractivity contribution in [2.45, 2.75) is 4.90 Å². The van der Waals surface area contributed by atoms with Crippen LogP contribution in [0.1, 0.15) is 10.4 Å². The number of aryl methyl sites for hydroxylation is 1. The highest BCUT2D eigenvalue weighted by molar-refractivity contribution is 7.89. The van der Waals surface area contributed by atoms with Crippen LogP contribution < -0.4 is 5.32 Å². The van der Waals surface area contributed by atoms with Gasteiger partial charge in [-0.2, -0.15) is 9.40 Å². The van der Waals surface area contributed by atoms with Crippen molar-refractivity contribution >= 4 is 33.3 Å². The lowest BCUT2D eigenvalue weighted by Crippen LogP contribution is -2.40. The minimum Gasteiger partial charge on any atom is -0.379 e. The Morgan fingerprint density at radius 2 is 2.00 bits per heavy atom. The fourth-order valence-corrected chi connectivity index (χ4v) is 4.35. The Kier molecular flexibility index (Phi) is 5.09. The quantitative estimate of drug-likeness (QED) is 0.858. The molecule has 1 aromatic carbocycles. The van der Waals surface area contributed by atoms with Crippen LogP contribution in [0.15, 0.2) is 35.4 Å². The van der Waals surface area contributed by atoms with E-state index in [-0.39, 0.29) is 28.6 Å².